The molecule has 4 aromatic rings. The predicted octanol–water partition coefficient (Wildman–Crippen LogP) is 5.46. The quantitative estimate of drug-likeness (QED) is 0.357. The van der Waals surface area contributed by atoms with Gasteiger partial charge in [-0.25, -0.2) is 9.78 Å². The third-order valence-corrected chi connectivity index (χ3v) is 6.53. The molecule has 5 rings (SSSR count). The number of nitrogens with one attached hydrogen (secondary N) is 1. The molecule has 2 heterocycles. The van der Waals surface area contributed by atoms with Gasteiger partial charge in [-0.1, -0.05) is 48.5 Å². The van der Waals surface area contributed by atoms with Gasteiger partial charge in [0.2, 0.25) is 0 Å². The second kappa shape index (κ2) is 9.73. The van der Waals surface area contributed by atoms with Crippen molar-refractivity contribution in [2.75, 3.05) is 11.9 Å². The molecule has 1 aliphatic rings. The summed E-state index contributed by atoms with van der Waals surface area (Å²) in [7, 11) is 0. The fourth-order valence-electron chi connectivity index (χ4n) is 4.46. The van der Waals surface area contributed by atoms with Crippen molar-refractivity contribution in [2.24, 2.45) is 0 Å². The van der Waals surface area contributed by atoms with E-state index < -0.39 is 18.5 Å². The Morgan fingerprint density at radius 1 is 1.03 bits per heavy atom. The number of esters is 1. The van der Waals surface area contributed by atoms with Gasteiger partial charge < -0.3 is 10.1 Å². The zero-order valence-electron chi connectivity index (χ0n) is 18.3. The predicted molar refractivity (Wildman–Crippen MR) is 134 cm³/mol. The molecule has 0 aliphatic heterocycles. The normalized spacial score (nSPS) is 14.9. The molecular formula is C27H22BrN3O3. The number of benzene rings is 2. The summed E-state index contributed by atoms with van der Waals surface area (Å²) in [5, 5.41) is 3.39. The van der Waals surface area contributed by atoms with Gasteiger partial charge >= 0.3 is 5.97 Å². The first-order valence-corrected chi connectivity index (χ1v) is 11.9. The van der Waals surface area contributed by atoms with Crippen molar-refractivity contribution in [1.82, 2.24) is 9.97 Å². The van der Waals surface area contributed by atoms with Gasteiger partial charge in [0.15, 0.2) is 6.61 Å². The largest absolute Gasteiger partial charge is 0.452 e. The van der Waals surface area contributed by atoms with Gasteiger partial charge in [-0.3, -0.25) is 9.78 Å². The summed E-state index contributed by atoms with van der Waals surface area (Å²) in [5.74, 6) is -0.267. The molecule has 0 radical (unpaired) electrons. The van der Waals surface area contributed by atoms with Gasteiger partial charge in [0.05, 0.1) is 11.1 Å². The number of carbonyl (C=O) groups excluding carboxylic acids is 2. The highest BCUT2D eigenvalue weighted by Crippen LogP contribution is 2.36. The van der Waals surface area contributed by atoms with E-state index in [0.717, 1.165) is 39.5 Å². The third-order valence-electron chi connectivity index (χ3n) is 6.06. The number of hydrogen-bond donors (Lipinski definition) is 1. The van der Waals surface area contributed by atoms with Gasteiger partial charge in [0, 0.05) is 21.7 Å². The van der Waals surface area contributed by atoms with E-state index in [1.807, 2.05) is 42.5 Å². The summed E-state index contributed by atoms with van der Waals surface area (Å²) in [4.78, 5) is 34.7. The zero-order valence-corrected chi connectivity index (χ0v) is 19.9. The van der Waals surface area contributed by atoms with Crippen LogP contribution in [-0.2, 0) is 22.4 Å². The minimum Gasteiger partial charge on any atom is -0.452 e. The fraction of sp³-hybridized carbons (Fsp3) is 0.185. The molecule has 6 nitrogen and oxygen atoms in total. The maximum absolute atomic E-state index is 13.3. The number of fused-ring (bicyclic) bond motifs is 2. The smallest absolute Gasteiger partial charge is 0.339 e. The fourth-order valence-corrected chi connectivity index (χ4v) is 4.70. The summed E-state index contributed by atoms with van der Waals surface area (Å²) in [6.45, 7) is -0.399. The van der Waals surface area contributed by atoms with Crippen LogP contribution in [0.2, 0.25) is 0 Å². The van der Waals surface area contributed by atoms with Crippen LogP contribution in [0.1, 0.15) is 39.5 Å². The van der Waals surface area contributed by atoms with Crippen molar-refractivity contribution >= 4 is 44.5 Å². The SMILES string of the molecule is O=C(COC(=O)c1c2c(nc3ccccc13)CCC(c1ccccc1)C2)Nc1ccc(Br)cn1. The molecule has 0 fully saturated rings. The molecule has 2 aromatic carbocycles. The Morgan fingerprint density at radius 2 is 1.82 bits per heavy atom. The number of pyridine rings is 2. The molecule has 1 aliphatic carbocycles. The van der Waals surface area contributed by atoms with Crippen LogP contribution < -0.4 is 5.32 Å². The molecule has 170 valence electrons. The van der Waals surface area contributed by atoms with E-state index in [4.69, 9.17) is 9.72 Å². The van der Waals surface area contributed by atoms with Crippen LogP contribution in [0.4, 0.5) is 5.82 Å². The minimum absolute atomic E-state index is 0.301. The summed E-state index contributed by atoms with van der Waals surface area (Å²) >= 11 is 3.31. The molecule has 7 heteroatoms. The topological polar surface area (TPSA) is 81.2 Å². The highest BCUT2D eigenvalue weighted by molar-refractivity contribution is 9.10. The number of ether oxygens (including phenoxy) is 1. The molecule has 34 heavy (non-hydrogen) atoms. The molecule has 0 bridgehead atoms. The summed E-state index contributed by atoms with van der Waals surface area (Å²) in [6, 6.07) is 21.4. The van der Waals surface area contributed by atoms with Gasteiger partial charge in [-0.2, -0.15) is 0 Å². The van der Waals surface area contributed by atoms with Crippen LogP contribution in [0, 0.1) is 0 Å². The van der Waals surface area contributed by atoms with E-state index in [0.29, 0.717) is 23.7 Å². The Hall–Kier alpha value is -3.58. The second-order valence-electron chi connectivity index (χ2n) is 8.27. The van der Waals surface area contributed by atoms with Gasteiger partial charge in [-0.05, 0) is 70.4 Å². The Bertz CT molecular complexity index is 1360. The first-order chi connectivity index (χ1) is 16.6. The number of rotatable bonds is 5. The lowest BCUT2D eigenvalue weighted by Gasteiger charge is -2.26. The van der Waals surface area contributed by atoms with Crippen molar-refractivity contribution in [3.05, 3.63) is 99.8 Å². The molecule has 1 amide bonds. The molecular weight excluding hydrogens is 494 g/mol. The highest BCUT2D eigenvalue weighted by atomic mass is 79.9. The van der Waals surface area contributed by atoms with E-state index >= 15 is 0 Å². The Balaban J connectivity index is 1.41. The van der Waals surface area contributed by atoms with Gasteiger partial charge in [0.1, 0.15) is 5.82 Å². The number of anilines is 1. The van der Waals surface area contributed by atoms with Crippen LogP contribution in [0.3, 0.4) is 0 Å². The summed E-state index contributed by atoms with van der Waals surface area (Å²) < 4.78 is 6.29. The number of aryl methyl sites for hydroxylation is 1. The van der Waals surface area contributed by atoms with Gasteiger partial charge in [0.25, 0.3) is 5.91 Å². The summed E-state index contributed by atoms with van der Waals surface area (Å²) in [5.41, 5.74) is 4.37. The number of aromatic nitrogens is 2. The van der Waals surface area contributed by atoms with E-state index in [9.17, 15) is 9.59 Å². The maximum atomic E-state index is 13.3. The maximum Gasteiger partial charge on any atom is 0.339 e. The average Bonchev–Trinajstić information content (AvgIpc) is 2.87. The van der Waals surface area contributed by atoms with Crippen LogP contribution in [-0.4, -0.2) is 28.5 Å². The second-order valence-corrected chi connectivity index (χ2v) is 9.18. The number of hydrogen-bond acceptors (Lipinski definition) is 5. The number of para-hydroxylation sites is 1. The molecule has 0 saturated carbocycles. The first-order valence-electron chi connectivity index (χ1n) is 11.1. The number of nitrogens with zero attached hydrogens (tertiary/aromatic N) is 2. The van der Waals surface area contributed by atoms with Crippen LogP contribution in [0.5, 0.6) is 0 Å². The van der Waals surface area contributed by atoms with Crippen molar-refractivity contribution in [2.45, 2.75) is 25.2 Å². The average molecular weight is 516 g/mol. The molecule has 0 spiro atoms. The molecule has 2 aromatic heterocycles. The van der Waals surface area contributed by atoms with E-state index in [1.165, 1.54) is 5.56 Å². The first kappa shape index (κ1) is 22.2. The van der Waals surface area contributed by atoms with Crippen molar-refractivity contribution < 1.29 is 14.3 Å². The summed E-state index contributed by atoms with van der Waals surface area (Å²) in [6.07, 6.45) is 4.05. The Labute approximate surface area is 205 Å². The van der Waals surface area contributed by atoms with Gasteiger partial charge in [-0.15, -0.1) is 0 Å². The number of carbonyl (C=O) groups is 2. The number of halogens is 1. The third kappa shape index (κ3) is 4.70. The standard InChI is InChI=1S/C27H22BrN3O3/c28-19-11-13-24(29-15-19)31-25(32)16-34-27(33)26-20-8-4-5-9-22(20)30-23-12-10-18(14-21(23)26)17-6-2-1-3-7-17/h1-9,11,13,15,18H,10,12,14,16H2,(H,29,31,32). The van der Waals surface area contributed by atoms with E-state index in [-0.39, 0.29) is 0 Å². The molecule has 1 unspecified atom stereocenters. The van der Waals surface area contributed by atoms with E-state index in [1.54, 1.807) is 18.3 Å². The van der Waals surface area contributed by atoms with Crippen LogP contribution in [0.25, 0.3) is 10.9 Å². The highest BCUT2D eigenvalue weighted by Gasteiger charge is 2.28. The Morgan fingerprint density at radius 3 is 2.62 bits per heavy atom. The van der Waals surface area contributed by atoms with Crippen molar-refractivity contribution in [3.63, 3.8) is 0 Å². The van der Waals surface area contributed by atoms with Crippen molar-refractivity contribution in [1.29, 1.82) is 0 Å². The zero-order chi connectivity index (χ0) is 23.5. The van der Waals surface area contributed by atoms with Crippen molar-refractivity contribution in [3.8, 4) is 0 Å². The monoisotopic (exact) mass is 515 g/mol. The van der Waals surface area contributed by atoms with Crippen LogP contribution >= 0.6 is 15.9 Å². The molecule has 0 saturated heterocycles. The van der Waals surface area contributed by atoms with E-state index in [2.05, 4.69) is 38.4 Å². The molecule has 1 N–H and O–H groups in total. The lowest BCUT2D eigenvalue weighted by Crippen LogP contribution is -2.24. The Kier molecular flexibility index (Phi) is 6.36. The molecule has 1 atom stereocenters. The lowest BCUT2D eigenvalue weighted by atomic mass is 9.80. The lowest BCUT2D eigenvalue weighted by molar-refractivity contribution is -0.119. The number of amides is 1. The minimum atomic E-state index is -0.512. The van der Waals surface area contributed by atoms with Crippen LogP contribution in [0.15, 0.2) is 77.4 Å².